The van der Waals surface area contributed by atoms with Crippen molar-refractivity contribution in [2.75, 3.05) is 18.5 Å². The van der Waals surface area contributed by atoms with Crippen molar-refractivity contribution in [1.82, 2.24) is 0 Å². The van der Waals surface area contributed by atoms with Crippen LogP contribution in [0.15, 0.2) is 54.6 Å². The molecule has 0 aromatic heterocycles. The van der Waals surface area contributed by atoms with Gasteiger partial charge in [0.2, 0.25) is 0 Å². The number of nitrogens with zero attached hydrogens (tertiary/aromatic N) is 1. The molecule has 27 heavy (non-hydrogen) atoms. The Balaban J connectivity index is 1.77. The lowest BCUT2D eigenvalue weighted by molar-refractivity contribution is -0.142. The third-order valence-electron chi connectivity index (χ3n) is 3.47. The van der Waals surface area contributed by atoms with E-state index in [0.29, 0.717) is 18.7 Å². The molecule has 0 unspecified atom stereocenters. The minimum atomic E-state index is -0.608. The van der Waals surface area contributed by atoms with Gasteiger partial charge >= 0.3 is 5.97 Å². The molecule has 0 bridgehead atoms. The van der Waals surface area contributed by atoms with Gasteiger partial charge in [0, 0.05) is 11.8 Å². The normalized spacial score (nSPS) is 10.2. The van der Waals surface area contributed by atoms with E-state index >= 15 is 0 Å². The second kappa shape index (κ2) is 10.4. The van der Waals surface area contributed by atoms with Crippen molar-refractivity contribution in [2.45, 2.75) is 13.3 Å². The molecule has 6 nitrogen and oxygen atoms in total. The predicted molar refractivity (Wildman–Crippen MR) is 102 cm³/mol. The highest BCUT2D eigenvalue weighted by molar-refractivity contribution is 5.94. The molecule has 0 aliphatic carbocycles. The summed E-state index contributed by atoms with van der Waals surface area (Å²) in [5.41, 5.74) is 2.25. The first-order valence-electron chi connectivity index (χ1n) is 8.44. The van der Waals surface area contributed by atoms with E-state index in [0.717, 1.165) is 16.9 Å². The molecule has 0 saturated carbocycles. The number of carbonyl (C=O) groups is 2. The van der Waals surface area contributed by atoms with Gasteiger partial charge in [0.15, 0.2) is 6.61 Å². The van der Waals surface area contributed by atoms with E-state index in [9.17, 15) is 9.59 Å². The maximum Gasteiger partial charge on any atom is 0.331 e. The number of hydrogen-bond acceptors (Lipinski definition) is 5. The highest BCUT2D eigenvalue weighted by Gasteiger charge is 2.06. The number of carbonyl (C=O) groups excluding carboxylic acids is 2. The lowest BCUT2D eigenvalue weighted by Crippen LogP contribution is -2.20. The molecule has 0 saturated heterocycles. The van der Waals surface area contributed by atoms with Gasteiger partial charge in [0.25, 0.3) is 5.91 Å². The Bertz CT molecular complexity index is 834. The molecule has 0 fully saturated rings. The van der Waals surface area contributed by atoms with Gasteiger partial charge in [-0.05, 0) is 48.4 Å². The topological polar surface area (TPSA) is 88.4 Å². The van der Waals surface area contributed by atoms with Crippen molar-refractivity contribution < 1.29 is 19.1 Å². The minimum Gasteiger partial charge on any atom is -0.494 e. The van der Waals surface area contributed by atoms with Crippen molar-refractivity contribution in [2.24, 2.45) is 0 Å². The van der Waals surface area contributed by atoms with Crippen LogP contribution in [-0.4, -0.2) is 25.1 Å². The molecule has 0 spiro atoms. The summed E-state index contributed by atoms with van der Waals surface area (Å²) in [6.07, 6.45) is 3.18. The summed E-state index contributed by atoms with van der Waals surface area (Å²) < 4.78 is 10.3. The molecule has 1 N–H and O–H groups in total. The third kappa shape index (κ3) is 7.04. The summed E-state index contributed by atoms with van der Waals surface area (Å²) >= 11 is 0. The van der Waals surface area contributed by atoms with E-state index < -0.39 is 11.9 Å². The number of hydrogen-bond donors (Lipinski definition) is 1. The predicted octanol–water partition coefficient (Wildman–Crippen LogP) is 3.35. The Hall–Kier alpha value is -3.59. The molecule has 0 radical (unpaired) electrons. The molecule has 1 amide bonds. The lowest BCUT2D eigenvalue weighted by Gasteiger charge is -2.06. The van der Waals surface area contributed by atoms with E-state index in [2.05, 4.69) is 11.4 Å². The average molecular weight is 364 g/mol. The van der Waals surface area contributed by atoms with Crippen LogP contribution < -0.4 is 10.1 Å². The van der Waals surface area contributed by atoms with Crippen LogP contribution in [0.3, 0.4) is 0 Å². The van der Waals surface area contributed by atoms with Crippen LogP contribution in [0.1, 0.15) is 18.1 Å². The zero-order valence-electron chi connectivity index (χ0n) is 15.0. The summed E-state index contributed by atoms with van der Waals surface area (Å²) in [5, 5.41) is 11.2. The van der Waals surface area contributed by atoms with E-state index in [4.69, 9.17) is 14.7 Å². The first kappa shape index (κ1) is 19.7. The Kier molecular flexibility index (Phi) is 7.61. The number of nitriles is 1. The van der Waals surface area contributed by atoms with Crippen molar-refractivity contribution in [3.05, 3.63) is 65.7 Å². The van der Waals surface area contributed by atoms with Gasteiger partial charge in [-0.15, -0.1) is 0 Å². The van der Waals surface area contributed by atoms with Gasteiger partial charge in [-0.25, -0.2) is 4.79 Å². The maximum absolute atomic E-state index is 11.8. The number of rotatable bonds is 8. The largest absolute Gasteiger partial charge is 0.494 e. The molecule has 2 aromatic carbocycles. The molecule has 2 rings (SSSR count). The SMILES string of the molecule is CCOc1ccc(/C=C/C(=O)OCC(=O)Nc2ccc(CC#N)cc2)cc1. The molecule has 0 heterocycles. The van der Waals surface area contributed by atoms with Gasteiger partial charge in [0.05, 0.1) is 19.1 Å². The number of esters is 1. The van der Waals surface area contributed by atoms with Crippen LogP contribution in [0.4, 0.5) is 5.69 Å². The maximum atomic E-state index is 11.8. The average Bonchev–Trinajstić information content (AvgIpc) is 2.68. The van der Waals surface area contributed by atoms with Crippen LogP contribution in [0.25, 0.3) is 6.08 Å². The number of ether oxygens (including phenoxy) is 2. The van der Waals surface area contributed by atoms with Crippen molar-refractivity contribution in [3.63, 3.8) is 0 Å². The first-order chi connectivity index (χ1) is 13.1. The molecular weight excluding hydrogens is 344 g/mol. The summed E-state index contributed by atoms with van der Waals surface area (Å²) in [6.45, 7) is 2.11. The van der Waals surface area contributed by atoms with Crippen LogP contribution in [0.5, 0.6) is 5.75 Å². The number of benzene rings is 2. The molecule has 0 aliphatic heterocycles. The number of amides is 1. The van der Waals surface area contributed by atoms with Crippen LogP contribution >= 0.6 is 0 Å². The lowest BCUT2D eigenvalue weighted by atomic mass is 10.1. The number of anilines is 1. The van der Waals surface area contributed by atoms with E-state index in [1.165, 1.54) is 6.08 Å². The van der Waals surface area contributed by atoms with Crippen molar-refractivity contribution >= 4 is 23.6 Å². The molecule has 6 heteroatoms. The van der Waals surface area contributed by atoms with Gasteiger partial charge in [-0.3, -0.25) is 4.79 Å². The fourth-order valence-corrected chi connectivity index (χ4v) is 2.19. The molecule has 0 atom stereocenters. The molecular formula is C21H20N2O4. The Morgan fingerprint density at radius 3 is 2.44 bits per heavy atom. The minimum absolute atomic E-state index is 0.312. The van der Waals surface area contributed by atoms with Crippen LogP contribution in [0, 0.1) is 11.3 Å². The van der Waals surface area contributed by atoms with E-state index in [-0.39, 0.29) is 6.61 Å². The van der Waals surface area contributed by atoms with E-state index in [1.54, 1.807) is 30.3 Å². The monoisotopic (exact) mass is 364 g/mol. The fraction of sp³-hybridized carbons (Fsp3) is 0.190. The summed E-state index contributed by atoms with van der Waals surface area (Å²) in [6, 6.07) is 16.2. The summed E-state index contributed by atoms with van der Waals surface area (Å²) in [7, 11) is 0. The zero-order chi connectivity index (χ0) is 19.5. The molecule has 138 valence electrons. The van der Waals surface area contributed by atoms with E-state index in [1.807, 2.05) is 31.2 Å². The van der Waals surface area contributed by atoms with Crippen molar-refractivity contribution in [3.8, 4) is 11.8 Å². The highest BCUT2D eigenvalue weighted by Crippen LogP contribution is 2.13. The van der Waals surface area contributed by atoms with Crippen molar-refractivity contribution in [1.29, 1.82) is 5.26 Å². The third-order valence-corrected chi connectivity index (χ3v) is 3.47. The van der Waals surface area contributed by atoms with Crippen LogP contribution in [0.2, 0.25) is 0 Å². The summed E-state index contributed by atoms with van der Waals surface area (Å²) in [5.74, 6) is -0.288. The van der Waals surface area contributed by atoms with Gasteiger partial charge in [-0.2, -0.15) is 5.26 Å². The fourth-order valence-electron chi connectivity index (χ4n) is 2.19. The molecule has 0 aliphatic rings. The molecule has 2 aromatic rings. The standard InChI is InChI=1S/C21H20N2O4/c1-2-26-19-10-5-16(6-11-19)7-12-21(25)27-15-20(24)23-18-8-3-17(4-9-18)13-14-22/h3-12H,2,13,15H2,1H3,(H,23,24)/b12-7+. The Morgan fingerprint density at radius 2 is 1.81 bits per heavy atom. The van der Waals surface area contributed by atoms with Gasteiger partial charge < -0.3 is 14.8 Å². The number of nitrogens with one attached hydrogen (secondary N) is 1. The van der Waals surface area contributed by atoms with Crippen LogP contribution in [-0.2, 0) is 20.7 Å². The highest BCUT2D eigenvalue weighted by atomic mass is 16.5. The Labute approximate surface area is 158 Å². The quantitative estimate of drug-likeness (QED) is 0.573. The summed E-state index contributed by atoms with van der Waals surface area (Å²) in [4.78, 5) is 23.5. The zero-order valence-corrected chi connectivity index (χ0v) is 15.0. The smallest absolute Gasteiger partial charge is 0.331 e. The van der Waals surface area contributed by atoms with Gasteiger partial charge in [-0.1, -0.05) is 24.3 Å². The first-order valence-corrected chi connectivity index (χ1v) is 8.44. The second-order valence-corrected chi connectivity index (χ2v) is 5.52. The Morgan fingerprint density at radius 1 is 1.11 bits per heavy atom. The van der Waals surface area contributed by atoms with Gasteiger partial charge in [0.1, 0.15) is 5.75 Å². The second-order valence-electron chi connectivity index (χ2n) is 5.52.